The minimum absolute atomic E-state index is 0.0476. The molecule has 1 aromatic heterocycles. The van der Waals surface area contributed by atoms with Crippen LogP contribution in [-0.2, 0) is 6.54 Å². The second-order valence-electron chi connectivity index (χ2n) is 7.08. The molecule has 0 fully saturated rings. The summed E-state index contributed by atoms with van der Waals surface area (Å²) in [5, 5.41) is 6.57. The number of ether oxygens (including phenoxy) is 1. The summed E-state index contributed by atoms with van der Waals surface area (Å²) in [5.41, 5.74) is -0.696. The highest BCUT2D eigenvalue weighted by Gasteiger charge is 2.21. The highest BCUT2D eigenvalue weighted by atomic mass is 19.1. The molecule has 0 bridgehead atoms. The Morgan fingerprint density at radius 1 is 0.970 bits per heavy atom. The summed E-state index contributed by atoms with van der Waals surface area (Å²) in [4.78, 5) is 39.2. The Morgan fingerprint density at radius 2 is 1.64 bits per heavy atom. The molecule has 4 aromatic rings. The van der Waals surface area contributed by atoms with E-state index in [2.05, 4.69) is 10.4 Å². The number of anilines is 1. The maximum Gasteiger partial charge on any atom is 0.352 e. The van der Waals surface area contributed by atoms with Gasteiger partial charge in [0, 0.05) is 5.69 Å². The molecule has 1 N–H and O–H groups in total. The molecule has 4 rings (SSSR count). The van der Waals surface area contributed by atoms with E-state index in [1.165, 1.54) is 31.4 Å². The van der Waals surface area contributed by atoms with E-state index in [1.54, 1.807) is 48.5 Å². The molecule has 33 heavy (non-hydrogen) atoms. The number of hydrogen-bond donors (Lipinski definition) is 1. The second-order valence-corrected chi connectivity index (χ2v) is 7.08. The third kappa shape index (κ3) is 4.72. The lowest BCUT2D eigenvalue weighted by Gasteiger charge is -2.13. The fraction of sp³-hybridized carbons (Fsp3) is 0.0833. The molecule has 0 aliphatic heterocycles. The highest BCUT2D eigenvalue weighted by molar-refractivity contribution is 6.02. The molecule has 0 atom stereocenters. The zero-order valence-corrected chi connectivity index (χ0v) is 17.6. The lowest BCUT2D eigenvalue weighted by molar-refractivity contribution is 0.101. The Kier molecular flexibility index (Phi) is 6.12. The third-order valence-electron chi connectivity index (χ3n) is 4.88. The SMILES string of the molecule is COc1ccc(-n2nc(C(=O)Nc3ccc(F)cc3)c(=O)n(Cc3ccccc3)c2=O)cc1. The number of halogens is 1. The molecular formula is C24H19FN4O4. The van der Waals surface area contributed by atoms with Gasteiger partial charge in [0.15, 0.2) is 0 Å². The van der Waals surface area contributed by atoms with Crippen molar-refractivity contribution in [2.24, 2.45) is 0 Å². The molecule has 0 spiro atoms. The molecule has 3 aromatic carbocycles. The number of amides is 1. The van der Waals surface area contributed by atoms with Crippen LogP contribution in [0.15, 0.2) is 88.5 Å². The number of hydrogen-bond acceptors (Lipinski definition) is 5. The fourth-order valence-electron chi connectivity index (χ4n) is 3.18. The first-order valence-corrected chi connectivity index (χ1v) is 9.95. The Labute approximate surface area is 187 Å². The van der Waals surface area contributed by atoms with Crippen LogP contribution in [0.1, 0.15) is 16.1 Å². The van der Waals surface area contributed by atoms with Crippen molar-refractivity contribution in [1.29, 1.82) is 0 Å². The number of nitrogens with zero attached hydrogens (tertiary/aromatic N) is 3. The van der Waals surface area contributed by atoms with Gasteiger partial charge in [0.25, 0.3) is 11.5 Å². The quantitative estimate of drug-likeness (QED) is 0.492. The molecule has 1 amide bonds. The van der Waals surface area contributed by atoms with E-state index in [4.69, 9.17) is 4.74 Å². The third-order valence-corrected chi connectivity index (χ3v) is 4.88. The zero-order valence-electron chi connectivity index (χ0n) is 17.6. The van der Waals surface area contributed by atoms with Crippen LogP contribution in [0.25, 0.3) is 5.69 Å². The van der Waals surface area contributed by atoms with Gasteiger partial charge in [0.2, 0.25) is 5.69 Å². The summed E-state index contributed by atoms with van der Waals surface area (Å²) in [7, 11) is 1.51. The topological polar surface area (TPSA) is 95.2 Å². The Morgan fingerprint density at radius 3 is 2.27 bits per heavy atom. The zero-order chi connectivity index (χ0) is 23.4. The van der Waals surface area contributed by atoms with Gasteiger partial charge in [-0.2, -0.15) is 9.78 Å². The number of carbonyl (C=O) groups excluding carboxylic acids is 1. The summed E-state index contributed by atoms with van der Waals surface area (Å²) in [6.45, 7) is -0.0476. The summed E-state index contributed by atoms with van der Waals surface area (Å²) >= 11 is 0. The number of methoxy groups -OCH3 is 1. The molecule has 0 unspecified atom stereocenters. The standard InChI is InChI=1S/C24H19FN4O4/c1-33-20-13-11-19(12-14-20)29-24(32)28(15-16-5-3-2-4-6-16)23(31)21(27-29)22(30)26-18-9-7-17(25)8-10-18/h2-14H,15H2,1H3,(H,26,30). The van der Waals surface area contributed by atoms with Crippen LogP contribution in [0.3, 0.4) is 0 Å². The monoisotopic (exact) mass is 446 g/mol. The summed E-state index contributed by atoms with van der Waals surface area (Å²) in [6.07, 6.45) is 0. The van der Waals surface area contributed by atoms with E-state index < -0.39 is 28.7 Å². The van der Waals surface area contributed by atoms with Crippen molar-refractivity contribution in [2.45, 2.75) is 6.54 Å². The number of carbonyl (C=O) groups is 1. The van der Waals surface area contributed by atoms with E-state index in [1.807, 2.05) is 6.07 Å². The van der Waals surface area contributed by atoms with E-state index >= 15 is 0 Å². The van der Waals surface area contributed by atoms with Gasteiger partial charge < -0.3 is 10.1 Å². The minimum Gasteiger partial charge on any atom is -0.497 e. The first kappa shape index (κ1) is 21.7. The fourth-order valence-corrected chi connectivity index (χ4v) is 3.18. The lowest BCUT2D eigenvalue weighted by atomic mass is 10.2. The van der Waals surface area contributed by atoms with Crippen LogP contribution in [-0.4, -0.2) is 27.4 Å². The van der Waals surface area contributed by atoms with E-state index in [0.717, 1.165) is 9.25 Å². The number of benzene rings is 3. The maximum atomic E-state index is 13.2. The molecule has 8 nitrogen and oxygen atoms in total. The minimum atomic E-state index is -0.840. The normalized spacial score (nSPS) is 10.6. The van der Waals surface area contributed by atoms with Crippen LogP contribution in [0.5, 0.6) is 5.75 Å². The summed E-state index contributed by atoms with van der Waals surface area (Å²) < 4.78 is 20.3. The highest BCUT2D eigenvalue weighted by Crippen LogP contribution is 2.13. The summed E-state index contributed by atoms with van der Waals surface area (Å²) in [5.74, 6) is -0.723. The Bertz CT molecular complexity index is 1400. The van der Waals surface area contributed by atoms with Crippen molar-refractivity contribution < 1.29 is 13.9 Å². The molecule has 0 aliphatic rings. The molecular weight excluding hydrogens is 427 g/mol. The molecule has 166 valence electrons. The van der Waals surface area contributed by atoms with Gasteiger partial charge in [0.05, 0.1) is 19.3 Å². The average molecular weight is 446 g/mol. The largest absolute Gasteiger partial charge is 0.497 e. The van der Waals surface area contributed by atoms with Crippen molar-refractivity contribution >= 4 is 11.6 Å². The van der Waals surface area contributed by atoms with Crippen molar-refractivity contribution in [3.63, 3.8) is 0 Å². The molecule has 0 saturated carbocycles. The van der Waals surface area contributed by atoms with Crippen LogP contribution < -0.4 is 21.3 Å². The van der Waals surface area contributed by atoms with Gasteiger partial charge in [-0.05, 0) is 54.1 Å². The maximum absolute atomic E-state index is 13.2. The van der Waals surface area contributed by atoms with Crippen molar-refractivity contribution in [1.82, 2.24) is 14.3 Å². The predicted molar refractivity (Wildman–Crippen MR) is 121 cm³/mol. The number of nitrogens with one attached hydrogen (secondary N) is 1. The second kappa shape index (κ2) is 9.31. The van der Waals surface area contributed by atoms with Crippen LogP contribution in [0.2, 0.25) is 0 Å². The van der Waals surface area contributed by atoms with Crippen LogP contribution in [0, 0.1) is 5.82 Å². The smallest absolute Gasteiger partial charge is 0.352 e. The molecule has 0 radical (unpaired) electrons. The van der Waals surface area contributed by atoms with Gasteiger partial charge in [-0.1, -0.05) is 30.3 Å². The van der Waals surface area contributed by atoms with E-state index in [9.17, 15) is 18.8 Å². The molecule has 1 heterocycles. The van der Waals surface area contributed by atoms with E-state index in [0.29, 0.717) is 17.0 Å². The van der Waals surface area contributed by atoms with Crippen LogP contribution >= 0.6 is 0 Å². The van der Waals surface area contributed by atoms with Gasteiger partial charge in [-0.3, -0.25) is 14.2 Å². The number of aromatic nitrogens is 3. The number of rotatable bonds is 6. The molecule has 0 aliphatic carbocycles. The molecule has 0 saturated heterocycles. The van der Waals surface area contributed by atoms with Crippen molar-refractivity contribution in [3.8, 4) is 11.4 Å². The average Bonchev–Trinajstić information content (AvgIpc) is 2.84. The Balaban J connectivity index is 1.83. The van der Waals surface area contributed by atoms with Gasteiger partial charge in [-0.25, -0.2) is 9.18 Å². The predicted octanol–water partition coefficient (Wildman–Crippen LogP) is 2.84. The van der Waals surface area contributed by atoms with Crippen LogP contribution in [0.4, 0.5) is 10.1 Å². The Hall–Kier alpha value is -4.53. The van der Waals surface area contributed by atoms with Crippen molar-refractivity contribution in [3.05, 3.63) is 117 Å². The lowest BCUT2D eigenvalue weighted by Crippen LogP contribution is -2.45. The summed E-state index contributed by atoms with van der Waals surface area (Å²) in [6, 6.07) is 20.4. The first-order chi connectivity index (χ1) is 16.0. The molecule has 9 heteroatoms. The first-order valence-electron chi connectivity index (χ1n) is 9.95. The van der Waals surface area contributed by atoms with Gasteiger partial charge in [0.1, 0.15) is 11.6 Å². The van der Waals surface area contributed by atoms with Gasteiger partial charge in [-0.15, -0.1) is 0 Å². The van der Waals surface area contributed by atoms with E-state index in [-0.39, 0.29) is 12.2 Å². The van der Waals surface area contributed by atoms with Crippen molar-refractivity contribution in [2.75, 3.05) is 12.4 Å². The van der Waals surface area contributed by atoms with Gasteiger partial charge >= 0.3 is 5.69 Å².